The number of amides is 2. The maximum Gasteiger partial charge on any atom is 0.317 e. The molecule has 2 rings (SSSR count). The molecule has 1 N–H and O–H groups in total. The van der Waals surface area contributed by atoms with Crippen molar-refractivity contribution in [2.24, 2.45) is 0 Å². The van der Waals surface area contributed by atoms with Crippen molar-refractivity contribution in [2.75, 3.05) is 26.9 Å². The molecule has 0 bridgehead atoms. The van der Waals surface area contributed by atoms with E-state index < -0.39 is 0 Å². The van der Waals surface area contributed by atoms with E-state index in [2.05, 4.69) is 17.2 Å². The van der Waals surface area contributed by atoms with Crippen molar-refractivity contribution >= 4 is 6.03 Å². The molecule has 6 heteroatoms. The second-order valence-corrected chi connectivity index (χ2v) is 5.54. The van der Waals surface area contributed by atoms with Crippen molar-refractivity contribution < 1.29 is 14.3 Å². The number of likely N-dealkylation sites (tertiary alicyclic amines) is 1. The van der Waals surface area contributed by atoms with Crippen molar-refractivity contribution in [3.63, 3.8) is 0 Å². The second-order valence-electron chi connectivity index (χ2n) is 5.54. The molecule has 122 valence electrons. The SMILES string of the molecule is COCCOc1ccc(CNC(=O)N2CCCC[C@H]2C)cn1. The third kappa shape index (κ3) is 4.87. The number of hydrogen-bond donors (Lipinski definition) is 1. The van der Waals surface area contributed by atoms with E-state index in [1.54, 1.807) is 19.4 Å². The van der Waals surface area contributed by atoms with E-state index in [-0.39, 0.29) is 6.03 Å². The topological polar surface area (TPSA) is 63.7 Å². The molecule has 1 saturated heterocycles. The van der Waals surface area contributed by atoms with Gasteiger partial charge in [0, 0.05) is 38.5 Å². The summed E-state index contributed by atoms with van der Waals surface area (Å²) >= 11 is 0. The highest BCUT2D eigenvalue weighted by Gasteiger charge is 2.22. The number of urea groups is 1. The monoisotopic (exact) mass is 307 g/mol. The van der Waals surface area contributed by atoms with Crippen molar-refractivity contribution in [3.8, 4) is 5.88 Å². The number of carbonyl (C=O) groups excluding carboxylic acids is 1. The summed E-state index contributed by atoms with van der Waals surface area (Å²) in [5.41, 5.74) is 0.956. The molecule has 0 aromatic carbocycles. The van der Waals surface area contributed by atoms with E-state index in [1.165, 1.54) is 6.42 Å². The Bertz CT molecular complexity index is 464. The van der Waals surface area contributed by atoms with Gasteiger partial charge in [-0.05, 0) is 31.7 Å². The minimum absolute atomic E-state index is 0.00706. The van der Waals surface area contributed by atoms with Crippen LogP contribution in [0.2, 0.25) is 0 Å². The quantitative estimate of drug-likeness (QED) is 0.818. The van der Waals surface area contributed by atoms with Crippen LogP contribution < -0.4 is 10.1 Å². The third-order valence-electron chi connectivity index (χ3n) is 3.84. The lowest BCUT2D eigenvalue weighted by Gasteiger charge is -2.33. The Kier molecular flexibility index (Phi) is 6.45. The zero-order valence-corrected chi connectivity index (χ0v) is 13.4. The van der Waals surface area contributed by atoms with Gasteiger partial charge in [0.15, 0.2) is 0 Å². The third-order valence-corrected chi connectivity index (χ3v) is 3.84. The molecule has 1 atom stereocenters. The zero-order valence-electron chi connectivity index (χ0n) is 13.4. The van der Waals surface area contributed by atoms with Crippen LogP contribution in [0.15, 0.2) is 18.3 Å². The summed E-state index contributed by atoms with van der Waals surface area (Å²) in [7, 11) is 1.63. The predicted molar refractivity (Wildman–Crippen MR) is 83.9 cm³/mol. The van der Waals surface area contributed by atoms with E-state index in [0.29, 0.717) is 31.7 Å². The van der Waals surface area contributed by atoms with Crippen molar-refractivity contribution in [1.29, 1.82) is 0 Å². The van der Waals surface area contributed by atoms with E-state index in [0.717, 1.165) is 24.9 Å². The van der Waals surface area contributed by atoms with Crippen molar-refractivity contribution in [2.45, 2.75) is 38.8 Å². The Labute approximate surface area is 131 Å². The van der Waals surface area contributed by atoms with Gasteiger partial charge in [-0.25, -0.2) is 9.78 Å². The van der Waals surface area contributed by atoms with Gasteiger partial charge in [-0.1, -0.05) is 6.07 Å². The molecule has 2 heterocycles. The first-order valence-electron chi connectivity index (χ1n) is 7.82. The fourth-order valence-electron chi connectivity index (χ4n) is 2.51. The van der Waals surface area contributed by atoms with Gasteiger partial charge >= 0.3 is 6.03 Å². The zero-order chi connectivity index (χ0) is 15.8. The molecule has 1 aliphatic heterocycles. The van der Waals surface area contributed by atoms with Crippen molar-refractivity contribution in [3.05, 3.63) is 23.9 Å². The summed E-state index contributed by atoms with van der Waals surface area (Å²) < 4.78 is 10.3. The highest BCUT2D eigenvalue weighted by Crippen LogP contribution is 2.16. The van der Waals surface area contributed by atoms with Gasteiger partial charge in [-0.15, -0.1) is 0 Å². The van der Waals surface area contributed by atoms with Crippen LogP contribution in [0.3, 0.4) is 0 Å². The summed E-state index contributed by atoms with van der Waals surface area (Å²) in [6, 6.07) is 4.05. The second kappa shape index (κ2) is 8.58. The number of rotatable bonds is 6. The van der Waals surface area contributed by atoms with Crippen LogP contribution in [0.5, 0.6) is 5.88 Å². The van der Waals surface area contributed by atoms with Crippen LogP contribution in [-0.2, 0) is 11.3 Å². The van der Waals surface area contributed by atoms with Gasteiger partial charge in [-0.3, -0.25) is 0 Å². The number of aromatic nitrogens is 1. The lowest BCUT2D eigenvalue weighted by molar-refractivity contribution is 0.143. The maximum atomic E-state index is 12.2. The van der Waals surface area contributed by atoms with Gasteiger partial charge in [0.05, 0.1) is 6.61 Å². The van der Waals surface area contributed by atoms with Crippen LogP contribution in [0.25, 0.3) is 0 Å². The highest BCUT2D eigenvalue weighted by molar-refractivity contribution is 5.74. The molecule has 1 aliphatic rings. The maximum absolute atomic E-state index is 12.2. The van der Waals surface area contributed by atoms with Crippen LogP contribution in [-0.4, -0.2) is 48.8 Å². The Balaban J connectivity index is 1.77. The number of pyridine rings is 1. The van der Waals surface area contributed by atoms with Gasteiger partial charge in [0.25, 0.3) is 0 Å². The minimum atomic E-state index is 0.00706. The number of piperidine rings is 1. The first-order chi connectivity index (χ1) is 10.7. The molecule has 0 aliphatic carbocycles. The summed E-state index contributed by atoms with van der Waals surface area (Å²) in [6.45, 7) is 4.44. The summed E-state index contributed by atoms with van der Waals surface area (Å²) in [5, 5.41) is 2.96. The molecular weight excluding hydrogens is 282 g/mol. The fourth-order valence-corrected chi connectivity index (χ4v) is 2.51. The van der Waals surface area contributed by atoms with Gasteiger partial charge in [0.2, 0.25) is 5.88 Å². The molecule has 0 saturated carbocycles. The van der Waals surface area contributed by atoms with Crippen LogP contribution in [0.1, 0.15) is 31.7 Å². The normalized spacial score (nSPS) is 18.1. The summed E-state index contributed by atoms with van der Waals surface area (Å²) in [5.74, 6) is 0.566. The summed E-state index contributed by atoms with van der Waals surface area (Å²) in [6.07, 6.45) is 5.11. The Morgan fingerprint density at radius 1 is 1.41 bits per heavy atom. The van der Waals surface area contributed by atoms with E-state index >= 15 is 0 Å². The Morgan fingerprint density at radius 3 is 2.95 bits per heavy atom. The predicted octanol–water partition coefficient (Wildman–Crippen LogP) is 2.19. The molecule has 1 aromatic rings. The average Bonchev–Trinajstić information content (AvgIpc) is 2.54. The standard InChI is InChI=1S/C16H25N3O3/c1-13-5-3-4-8-19(13)16(20)18-12-14-6-7-15(17-11-14)22-10-9-21-2/h6-7,11,13H,3-5,8-10,12H2,1-2H3,(H,18,20)/t13-/m1/s1. The number of hydrogen-bond acceptors (Lipinski definition) is 4. The first kappa shape index (κ1) is 16.5. The molecule has 0 spiro atoms. The number of nitrogens with one attached hydrogen (secondary N) is 1. The smallest absolute Gasteiger partial charge is 0.317 e. The molecule has 0 radical (unpaired) electrons. The van der Waals surface area contributed by atoms with E-state index in [4.69, 9.17) is 9.47 Å². The van der Waals surface area contributed by atoms with Crippen LogP contribution >= 0.6 is 0 Å². The van der Waals surface area contributed by atoms with E-state index in [9.17, 15) is 4.79 Å². The Morgan fingerprint density at radius 2 is 2.27 bits per heavy atom. The Hall–Kier alpha value is -1.82. The molecule has 1 aromatic heterocycles. The fraction of sp³-hybridized carbons (Fsp3) is 0.625. The van der Waals surface area contributed by atoms with Gasteiger partial charge in [0.1, 0.15) is 6.61 Å². The molecule has 1 fully saturated rings. The number of carbonyl (C=O) groups is 1. The first-order valence-corrected chi connectivity index (χ1v) is 7.82. The molecule has 2 amide bonds. The minimum Gasteiger partial charge on any atom is -0.475 e. The van der Waals surface area contributed by atoms with Crippen LogP contribution in [0.4, 0.5) is 4.79 Å². The molecular formula is C16H25N3O3. The highest BCUT2D eigenvalue weighted by atomic mass is 16.5. The molecule has 0 unspecified atom stereocenters. The largest absolute Gasteiger partial charge is 0.475 e. The molecule has 22 heavy (non-hydrogen) atoms. The number of nitrogens with zero attached hydrogens (tertiary/aromatic N) is 2. The lowest BCUT2D eigenvalue weighted by atomic mass is 10.0. The lowest BCUT2D eigenvalue weighted by Crippen LogP contribution is -2.47. The molecule has 6 nitrogen and oxygen atoms in total. The van der Waals surface area contributed by atoms with E-state index in [1.807, 2.05) is 11.0 Å². The average molecular weight is 307 g/mol. The number of methoxy groups -OCH3 is 1. The van der Waals surface area contributed by atoms with Crippen molar-refractivity contribution in [1.82, 2.24) is 15.2 Å². The summed E-state index contributed by atoms with van der Waals surface area (Å²) in [4.78, 5) is 18.3. The number of ether oxygens (including phenoxy) is 2. The van der Waals surface area contributed by atoms with Gasteiger partial charge in [-0.2, -0.15) is 0 Å². The van der Waals surface area contributed by atoms with Gasteiger partial charge < -0.3 is 19.7 Å². The van der Waals surface area contributed by atoms with Crippen LogP contribution in [0, 0.1) is 0 Å².